The highest BCUT2D eigenvalue weighted by Crippen LogP contribution is 2.16. The van der Waals surface area contributed by atoms with Gasteiger partial charge in [0.1, 0.15) is 11.5 Å². The highest BCUT2D eigenvalue weighted by molar-refractivity contribution is 6.30. The Morgan fingerprint density at radius 1 is 0.882 bits per heavy atom. The van der Waals surface area contributed by atoms with E-state index in [1.54, 1.807) is 72.8 Å². The molecule has 0 aliphatic carbocycles. The van der Waals surface area contributed by atoms with Gasteiger partial charge in [-0.15, -0.1) is 0 Å². The van der Waals surface area contributed by atoms with E-state index >= 15 is 0 Å². The number of halogens is 1. The molecule has 0 heterocycles. The van der Waals surface area contributed by atoms with Crippen LogP contribution < -0.4 is 20.2 Å². The second-order valence-corrected chi connectivity index (χ2v) is 7.34. The molecular formula is C25H22ClN3O5. The van der Waals surface area contributed by atoms with Crippen molar-refractivity contribution in [3.63, 3.8) is 0 Å². The first kappa shape index (κ1) is 24.5. The SMILES string of the molecule is CCOc1ccc(C(=O)Oc2ccc(/C=N/NC(=O)CNC(=O)c3ccc(Cl)cc3)cc2)cc1. The maximum absolute atomic E-state index is 12.3. The topological polar surface area (TPSA) is 106 Å². The monoisotopic (exact) mass is 479 g/mol. The third-order valence-electron chi connectivity index (χ3n) is 4.41. The van der Waals surface area contributed by atoms with Crippen LogP contribution in [0.5, 0.6) is 11.5 Å². The number of hydrazone groups is 1. The fourth-order valence-electron chi connectivity index (χ4n) is 2.72. The zero-order chi connectivity index (χ0) is 24.3. The highest BCUT2D eigenvalue weighted by atomic mass is 35.5. The molecular weight excluding hydrogens is 458 g/mol. The van der Waals surface area contributed by atoms with Gasteiger partial charge in [-0.25, -0.2) is 10.2 Å². The summed E-state index contributed by atoms with van der Waals surface area (Å²) in [5.41, 5.74) is 3.80. The molecule has 8 nitrogen and oxygen atoms in total. The maximum Gasteiger partial charge on any atom is 0.343 e. The third kappa shape index (κ3) is 7.46. The summed E-state index contributed by atoms with van der Waals surface area (Å²) in [6, 6.07) is 19.6. The van der Waals surface area contributed by atoms with Crippen LogP contribution in [0.3, 0.4) is 0 Å². The number of benzene rings is 3. The van der Waals surface area contributed by atoms with Crippen molar-refractivity contribution in [1.82, 2.24) is 10.7 Å². The second kappa shape index (κ2) is 12.2. The molecule has 3 aromatic rings. The van der Waals surface area contributed by atoms with Crippen molar-refractivity contribution >= 4 is 35.6 Å². The summed E-state index contributed by atoms with van der Waals surface area (Å²) in [5.74, 6) is -0.327. The molecule has 0 saturated heterocycles. The fourth-order valence-corrected chi connectivity index (χ4v) is 2.85. The summed E-state index contributed by atoms with van der Waals surface area (Å²) in [5, 5.41) is 6.86. The Kier molecular flexibility index (Phi) is 8.76. The quantitative estimate of drug-likeness (QED) is 0.210. The van der Waals surface area contributed by atoms with Crippen LogP contribution in [0.25, 0.3) is 0 Å². The van der Waals surface area contributed by atoms with Gasteiger partial charge in [-0.3, -0.25) is 9.59 Å². The van der Waals surface area contributed by atoms with Crippen LogP contribution >= 0.6 is 11.6 Å². The fraction of sp³-hybridized carbons (Fsp3) is 0.120. The van der Waals surface area contributed by atoms with Crippen LogP contribution in [0.1, 0.15) is 33.2 Å². The molecule has 34 heavy (non-hydrogen) atoms. The van der Waals surface area contributed by atoms with Crippen molar-refractivity contribution in [2.24, 2.45) is 5.10 Å². The predicted octanol–water partition coefficient (Wildman–Crippen LogP) is 3.84. The molecule has 0 aliphatic heterocycles. The largest absolute Gasteiger partial charge is 0.494 e. The van der Waals surface area contributed by atoms with Crippen LogP contribution in [0.15, 0.2) is 77.9 Å². The van der Waals surface area contributed by atoms with Crippen LogP contribution in [-0.4, -0.2) is 37.1 Å². The minimum Gasteiger partial charge on any atom is -0.494 e. The Bertz CT molecular complexity index is 1160. The van der Waals surface area contributed by atoms with Crippen molar-refractivity contribution < 1.29 is 23.9 Å². The first-order valence-corrected chi connectivity index (χ1v) is 10.7. The molecule has 0 saturated carbocycles. The smallest absolute Gasteiger partial charge is 0.343 e. The summed E-state index contributed by atoms with van der Waals surface area (Å²) in [6.07, 6.45) is 1.43. The second-order valence-electron chi connectivity index (χ2n) is 6.90. The van der Waals surface area contributed by atoms with Gasteiger partial charge in [0, 0.05) is 10.6 Å². The molecule has 0 unspecified atom stereocenters. The number of carbonyl (C=O) groups excluding carboxylic acids is 3. The van der Waals surface area contributed by atoms with Crippen molar-refractivity contribution in [2.45, 2.75) is 6.92 Å². The molecule has 2 N–H and O–H groups in total. The maximum atomic E-state index is 12.3. The summed E-state index contributed by atoms with van der Waals surface area (Å²) in [6.45, 7) is 2.19. The Labute approximate surface area is 201 Å². The van der Waals surface area contributed by atoms with Crippen LogP contribution in [0.4, 0.5) is 0 Å². The third-order valence-corrected chi connectivity index (χ3v) is 4.66. The van der Waals surface area contributed by atoms with Crippen molar-refractivity contribution in [3.05, 3.63) is 94.5 Å². The Morgan fingerprint density at radius 2 is 1.50 bits per heavy atom. The Morgan fingerprint density at radius 3 is 2.15 bits per heavy atom. The number of esters is 1. The number of rotatable bonds is 9. The van der Waals surface area contributed by atoms with Gasteiger partial charge >= 0.3 is 5.97 Å². The van der Waals surface area contributed by atoms with E-state index < -0.39 is 17.8 Å². The van der Waals surface area contributed by atoms with E-state index in [1.807, 2.05) is 6.92 Å². The van der Waals surface area contributed by atoms with Gasteiger partial charge in [-0.1, -0.05) is 11.6 Å². The van der Waals surface area contributed by atoms with Gasteiger partial charge in [-0.2, -0.15) is 5.10 Å². The lowest BCUT2D eigenvalue weighted by atomic mass is 10.2. The van der Waals surface area contributed by atoms with E-state index in [9.17, 15) is 14.4 Å². The van der Waals surface area contributed by atoms with Crippen LogP contribution in [-0.2, 0) is 4.79 Å². The average Bonchev–Trinajstić information content (AvgIpc) is 2.84. The van der Waals surface area contributed by atoms with E-state index in [0.717, 1.165) is 0 Å². The number of hydrogen-bond donors (Lipinski definition) is 2. The van der Waals surface area contributed by atoms with Crippen molar-refractivity contribution in [2.75, 3.05) is 13.2 Å². The van der Waals surface area contributed by atoms with E-state index in [4.69, 9.17) is 21.1 Å². The zero-order valence-corrected chi connectivity index (χ0v) is 19.0. The summed E-state index contributed by atoms with van der Waals surface area (Å²) < 4.78 is 10.7. The summed E-state index contributed by atoms with van der Waals surface area (Å²) in [7, 11) is 0. The van der Waals surface area contributed by atoms with Crippen LogP contribution in [0, 0.1) is 0 Å². The summed E-state index contributed by atoms with van der Waals surface area (Å²) in [4.78, 5) is 36.1. The van der Waals surface area contributed by atoms with E-state index in [0.29, 0.717) is 39.8 Å². The van der Waals surface area contributed by atoms with Gasteiger partial charge in [0.15, 0.2) is 0 Å². The normalized spacial score (nSPS) is 10.5. The number of hydrogen-bond acceptors (Lipinski definition) is 6. The van der Waals surface area contributed by atoms with Gasteiger partial charge in [0.05, 0.1) is 24.9 Å². The lowest BCUT2D eigenvalue weighted by molar-refractivity contribution is -0.120. The molecule has 174 valence electrons. The number of ether oxygens (including phenoxy) is 2. The standard InChI is InChI=1S/C25H22ClN3O5/c1-2-33-21-13-7-19(8-14-21)25(32)34-22-11-3-17(4-12-22)15-28-29-23(30)16-27-24(31)18-5-9-20(26)10-6-18/h3-15H,2,16H2,1H3,(H,27,31)(H,29,30)/b28-15+. The van der Waals surface area contributed by atoms with Crippen LogP contribution in [0.2, 0.25) is 5.02 Å². The van der Waals surface area contributed by atoms with Gasteiger partial charge in [-0.05, 0) is 85.3 Å². The molecule has 0 fully saturated rings. The average molecular weight is 480 g/mol. The molecule has 0 spiro atoms. The van der Waals surface area contributed by atoms with Gasteiger partial charge in [0.2, 0.25) is 0 Å². The molecule has 3 aromatic carbocycles. The minimum absolute atomic E-state index is 0.237. The minimum atomic E-state index is -0.489. The van der Waals surface area contributed by atoms with Crippen molar-refractivity contribution in [1.29, 1.82) is 0 Å². The Balaban J connectivity index is 1.44. The molecule has 2 amide bonds. The first-order valence-electron chi connectivity index (χ1n) is 10.4. The highest BCUT2D eigenvalue weighted by Gasteiger charge is 2.09. The van der Waals surface area contributed by atoms with E-state index in [2.05, 4.69) is 15.8 Å². The summed E-state index contributed by atoms with van der Waals surface area (Å²) >= 11 is 5.78. The lowest BCUT2D eigenvalue weighted by Gasteiger charge is -2.06. The first-order chi connectivity index (χ1) is 16.4. The predicted molar refractivity (Wildman–Crippen MR) is 129 cm³/mol. The molecule has 0 radical (unpaired) electrons. The van der Waals surface area contributed by atoms with E-state index in [1.165, 1.54) is 6.21 Å². The molecule has 0 aromatic heterocycles. The van der Waals surface area contributed by atoms with E-state index in [-0.39, 0.29) is 6.54 Å². The number of nitrogens with zero attached hydrogens (tertiary/aromatic N) is 1. The number of nitrogens with one attached hydrogen (secondary N) is 2. The molecule has 0 atom stereocenters. The lowest BCUT2D eigenvalue weighted by Crippen LogP contribution is -2.34. The Hall–Kier alpha value is -4.17. The van der Waals surface area contributed by atoms with Gasteiger partial charge in [0.25, 0.3) is 11.8 Å². The number of amides is 2. The molecule has 0 aliphatic rings. The van der Waals surface area contributed by atoms with Gasteiger partial charge < -0.3 is 14.8 Å². The number of carbonyl (C=O) groups is 3. The molecule has 9 heteroatoms. The molecule has 0 bridgehead atoms. The van der Waals surface area contributed by atoms with Crippen molar-refractivity contribution in [3.8, 4) is 11.5 Å². The zero-order valence-electron chi connectivity index (χ0n) is 18.3. The molecule has 3 rings (SSSR count).